The zero-order chi connectivity index (χ0) is 34.5. The molecule has 0 aliphatic rings. The lowest BCUT2D eigenvalue weighted by molar-refractivity contribution is -0.382. The zero-order valence-electron chi connectivity index (χ0n) is 20.0. The van der Waals surface area contributed by atoms with Crippen LogP contribution in [0.4, 0.5) is 82.0 Å². The Morgan fingerprint density at radius 2 is 1.18 bits per heavy atom. The van der Waals surface area contributed by atoms with Gasteiger partial charge < -0.3 is 14.8 Å². The van der Waals surface area contributed by atoms with Crippen LogP contribution in [0.25, 0.3) is 0 Å². The van der Waals surface area contributed by atoms with Gasteiger partial charge in [-0.1, -0.05) is 18.2 Å². The lowest BCUT2D eigenvalue weighted by Crippen LogP contribution is -2.63. The highest BCUT2D eigenvalue weighted by atomic mass is 32.2. The molecule has 0 bridgehead atoms. The number of benzene rings is 2. The van der Waals surface area contributed by atoms with Crippen molar-refractivity contribution in [3.63, 3.8) is 0 Å². The summed E-state index contributed by atoms with van der Waals surface area (Å²) >= 11 is 0. The summed E-state index contributed by atoms with van der Waals surface area (Å²) in [6.45, 7) is 0. The Kier molecular flexibility index (Phi) is 9.19. The Bertz CT molecular complexity index is 1620. The van der Waals surface area contributed by atoms with Crippen molar-refractivity contribution in [3.05, 3.63) is 48.0 Å². The Hall–Kier alpha value is -3.64. The van der Waals surface area contributed by atoms with E-state index in [1.807, 2.05) is 0 Å². The highest BCUT2D eigenvalue weighted by Crippen LogP contribution is 2.55. The lowest BCUT2D eigenvalue weighted by Gasteiger charge is -2.32. The molecule has 0 aromatic heterocycles. The number of nitrogens with one attached hydrogen (secondary N) is 2. The zero-order valence-corrected chi connectivity index (χ0v) is 21.6. The molecule has 25 heteroatoms. The van der Waals surface area contributed by atoms with Crippen LogP contribution >= 0.6 is 0 Å². The van der Waals surface area contributed by atoms with Crippen molar-refractivity contribution >= 4 is 37.4 Å². The van der Waals surface area contributed by atoms with Crippen LogP contribution < -0.4 is 14.8 Å². The summed E-state index contributed by atoms with van der Waals surface area (Å²) in [5.41, 5.74) is -11.7. The Morgan fingerprint density at radius 1 is 0.682 bits per heavy atom. The topological polar surface area (TPSA) is 119 Å². The number of hydrogen-bond acceptors (Lipinski definition) is 6. The highest BCUT2D eigenvalue weighted by molar-refractivity contribution is 7.92. The summed E-state index contributed by atoms with van der Waals surface area (Å²) < 4.78 is 250. The van der Waals surface area contributed by atoms with Crippen LogP contribution in [0, 0.1) is 0 Å². The van der Waals surface area contributed by atoms with E-state index in [2.05, 4.69) is 4.18 Å². The van der Waals surface area contributed by atoms with Gasteiger partial charge >= 0.3 is 51.1 Å². The van der Waals surface area contributed by atoms with Gasteiger partial charge in [0.25, 0.3) is 9.84 Å². The average Bonchev–Trinajstić information content (AvgIpc) is 2.82. The molecule has 2 N–H and O–H groups in total. The van der Waals surface area contributed by atoms with E-state index in [0.717, 1.165) is 12.1 Å². The minimum absolute atomic E-state index is 0.217. The number of carbonyl (C=O) groups excluding carboxylic acids is 1. The van der Waals surface area contributed by atoms with Crippen molar-refractivity contribution < 1.29 is 91.7 Å². The van der Waals surface area contributed by atoms with E-state index in [1.54, 1.807) is 5.32 Å². The van der Waals surface area contributed by atoms with E-state index in [0.29, 0.717) is 0 Å². The van der Waals surface area contributed by atoms with E-state index >= 15 is 0 Å². The summed E-state index contributed by atoms with van der Waals surface area (Å²) in [7, 11) is -15.3. The molecule has 2 rings (SSSR count). The maximum absolute atomic E-state index is 14.0. The average molecular weight is 710 g/mol. The number of rotatable bonds is 8. The molecule has 0 aliphatic heterocycles. The molecular weight excluding hydrogens is 701 g/mol. The third kappa shape index (κ3) is 6.56. The van der Waals surface area contributed by atoms with Gasteiger partial charge in [-0.25, -0.2) is 13.2 Å². The normalized spacial score (nSPS) is 14.2. The fraction of sp³-hybridized carbons (Fsp3) is 0.316. The summed E-state index contributed by atoms with van der Waals surface area (Å²) in [6, 6.07) is 2.18. The third-order valence-electron chi connectivity index (χ3n) is 4.89. The fourth-order valence-electron chi connectivity index (χ4n) is 2.79. The largest absolute Gasteiger partial charge is 0.501 e. The molecule has 0 saturated carbocycles. The quantitative estimate of drug-likeness (QED) is 0.231. The monoisotopic (exact) mass is 710 g/mol. The fourth-order valence-corrected chi connectivity index (χ4v) is 4.62. The number of para-hydroxylation sites is 1. The molecular formula is C19H9F15N2O6S2. The minimum atomic E-state index is -8.21. The number of alkyl halides is 15. The first kappa shape index (κ1) is 36.6. The van der Waals surface area contributed by atoms with E-state index in [4.69, 9.17) is 0 Å². The number of anilines is 2. The van der Waals surface area contributed by atoms with Crippen LogP contribution in [0.15, 0.2) is 47.4 Å². The standard InChI is InChI=1S/C19H9F15N2O6S2/c20-14(21,22)9-6-10(36-13(37)35-8-4-2-1-3-5-8)12(43(38,39)19(32,33)34)7-11(9)42-44(40,41)18(30,31)16(25,26)15(23,24)17(27,28)29/h1-7H,(H2,35,36,37). The molecule has 0 spiro atoms. The maximum atomic E-state index is 14.0. The van der Waals surface area contributed by atoms with Crippen molar-refractivity contribution in [1.29, 1.82) is 0 Å². The van der Waals surface area contributed by atoms with Crippen molar-refractivity contribution in [2.24, 2.45) is 0 Å². The molecule has 0 fully saturated rings. The minimum Gasteiger partial charge on any atom is -0.377 e. The second-order valence-electron chi connectivity index (χ2n) is 7.94. The number of halogens is 15. The summed E-state index contributed by atoms with van der Waals surface area (Å²) in [6.07, 6.45) is -13.8. The second-order valence-corrected chi connectivity index (χ2v) is 11.4. The van der Waals surface area contributed by atoms with Crippen molar-refractivity contribution in [3.8, 4) is 5.75 Å². The number of carbonyl (C=O) groups is 1. The van der Waals surface area contributed by atoms with Crippen molar-refractivity contribution in [1.82, 2.24) is 0 Å². The third-order valence-corrected chi connectivity index (χ3v) is 7.70. The molecule has 0 atom stereocenters. The summed E-state index contributed by atoms with van der Waals surface area (Å²) in [5, 5.41) is -4.79. The van der Waals surface area contributed by atoms with Crippen molar-refractivity contribution in [2.75, 3.05) is 10.6 Å². The smallest absolute Gasteiger partial charge is 0.377 e. The van der Waals surface area contributed by atoms with Gasteiger partial charge in [0.05, 0.1) is 5.69 Å². The molecule has 2 aromatic carbocycles. The predicted molar refractivity (Wildman–Crippen MR) is 114 cm³/mol. The van der Waals surface area contributed by atoms with Crippen LogP contribution in [-0.2, 0) is 26.1 Å². The van der Waals surface area contributed by atoms with E-state index < -0.39 is 95.0 Å². The van der Waals surface area contributed by atoms with Crippen LogP contribution in [0.1, 0.15) is 5.56 Å². The molecule has 8 nitrogen and oxygen atoms in total. The Morgan fingerprint density at radius 3 is 1.61 bits per heavy atom. The first-order valence-corrected chi connectivity index (χ1v) is 13.1. The SMILES string of the molecule is O=C(Nc1ccccc1)Nc1cc(C(F)(F)F)c(OS(=O)(=O)C(F)(F)C(F)(F)C(F)(F)C(F)(F)F)cc1S(=O)(=O)C(F)(F)F. The summed E-state index contributed by atoms with van der Waals surface area (Å²) in [4.78, 5) is 9.53. The van der Waals surface area contributed by atoms with E-state index in [9.17, 15) is 87.5 Å². The van der Waals surface area contributed by atoms with Gasteiger partial charge in [-0.3, -0.25) is 0 Å². The molecule has 248 valence electrons. The van der Waals surface area contributed by atoms with Gasteiger partial charge in [-0.2, -0.15) is 74.3 Å². The molecule has 0 saturated heterocycles. The highest BCUT2D eigenvalue weighted by Gasteiger charge is 2.86. The molecule has 2 aromatic rings. The second kappa shape index (κ2) is 11.1. The number of hydrogen-bond donors (Lipinski definition) is 2. The first-order valence-electron chi connectivity index (χ1n) is 10.3. The van der Waals surface area contributed by atoms with Crippen LogP contribution in [0.2, 0.25) is 0 Å². The van der Waals surface area contributed by atoms with Crippen molar-refractivity contribution in [2.45, 2.75) is 39.9 Å². The lowest BCUT2D eigenvalue weighted by atomic mass is 10.1. The van der Waals surface area contributed by atoms with Gasteiger partial charge in [-0.05, 0) is 18.2 Å². The molecule has 0 aliphatic carbocycles. The number of urea groups is 1. The van der Waals surface area contributed by atoms with E-state index in [1.165, 1.54) is 23.5 Å². The molecule has 44 heavy (non-hydrogen) atoms. The van der Waals surface area contributed by atoms with Gasteiger partial charge in [-0.15, -0.1) is 0 Å². The van der Waals surface area contributed by atoms with Crippen LogP contribution in [-0.4, -0.2) is 51.7 Å². The molecule has 0 unspecified atom stereocenters. The van der Waals surface area contributed by atoms with Gasteiger partial charge in [0.2, 0.25) is 0 Å². The maximum Gasteiger partial charge on any atom is 0.501 e. The first-order chi connectivity index (χ1) is 19.4. The Labute approximate surface area is 233 Å². The van der Waals surface area contributed by atoms with Gasteiger partial charge in [0.15, 0.2) is 5.75 Å². The Balaban J connectivity index is 2.83. The number of amides is 2. The number of sulfone groups is 1. The summed E-state index contributed by atoms with van der Waals surface area (Å²) in [5.74, 6) is -19.0. The molecule has 0 radical (unpaired) electrons. The van der Waals surface area contributed by atoms with Gasteiger partial charge in [0.1, 0.15) is 10.5 Å². The molecule has 2 amide bonds. The van der Waals surface area contributed by atoms with Crippen LogP contribution in [0.3, 0.4) is 0 Å². The van der Waals surface area contributed by atoms with Crippen LogP contribution in [0.5, 0.6) is 5.75 Å². The van der Waals surface area contributed by atoms with E-state index in [-0.39, 0.29) is 5.69 Å². The van der Waals surface area contributed by atoms with Gasteiger partial charge in [0, 0.05) is 11.8 Å². The predicted octanol–water partition coefficient (Wildman–Crippen LogP) is 6.78. The molecule has 0 heterocycles.